The van der Waals surface area contributed by atoms with E-state index in [2.05, 4.69) is 0 Å². The highest BCUT2D eigenvalue weighted by Crippen LogP contribution is 2.88. The molecule has 1 spiro atoms. The lowest BCUT2D eigenvalue weighted by Gasteiger charge is -2.42. The number of amides is 1. The SMILES string of the molecule is CCC12C3c4ccccc4OC(=O)C31C(=O)N(c1ccc(C)cc1)C2(O)c1ccc(C)cc1. The van der Waals surface area contributed by atoms with Crippen molar-refractivity contribution < 1.29 is 19.4 Å². The van der Waals surface area contributed by atoms with Gasteiger partial charge in [-0.2, -0.15) is 0 Å². The molecule has 4 unspecified atom stereocenters. The Labute approximate surface area is 192 Å². The minimum absolute atomic E-state index is 0.402. The first-order valence-electron chi connectivity index (χ1n) is 11.4. The molecule has 3 aliphatic rings. The Kier molecular flexibility index (Phi) is 3.87. The third kappa shape index (κ3) is 2.07. The Bertz CT molecular complexity index is 1310. The number of fused-ring (bicyclic) bond motifs is 3. The van der Waals surface area contributed by atoms with Gasteiger partial charge in [0.15, 0.2) is 11.1 Å². The number of anilines is 1. The van der Waals surface area contributed by atoms with Crippen LogP contribution in [0.1, 0.15) is 41.5 Å². The smallest absolute Gasteiger partial charge is 0.328 e. The maximum Gasteiger partial charge on any atom is 0.328 e. The Balaban J connectivity index is 1.67. The van der Waals surface area contributed by atoms with Gasteiger partial charge in [0.2, 0.25) is 5.91 Å². The number of esters is 1. The highest BCUT2D eigenvalue weighted by molar-refractivity contribution is 6.21. The second kappa shape index (κ2) is 6.33. The number of rotatable bonds is 3. The summed E-state index contributed by atoms with van der Waals surface area (Å²) in [6.45, 7) is 5.89. The van der Waals surface area contributed by atoms with Gasteiger partial charge in [-0.15, -0.1) is 0 Å². The van der Waals surface area contributed by atoms with Crippen LogP contribution in [0.15, 0.2) is 72.8 Å². The van der Waals surface area contributed by atoms with Crippen LogP contribution in [0.25, 0.3) is 0 Å². The molecule has 2 aliphatic heterocycles. The molecule has 0 aromatic heterocycles. The highest BCUT2D eigenvalue weighted by atomic mass is 16.5. The second-order valence-corrected chi connectivity index (χ2v) is 9.51. The zero-order valence-electron chi connectivity index (χ0n) is 18.8. The van der Waals surface area contributed by atoms with E-state index in [1.54, 1.807) is 6.07 Å². The summed E-state index contributed by atoms with van der Waals surface area (Å²) in [6.07, 6.45) is 0.430. The summed E-state index contributed by atoms with van der Waals surface area (Å²) in [7, 11) is 0. The molecular weight excluding hydrogens is 414 g/mol. The Hall–Kier alpha value is -3.44. The molecule has 1 saturated carbocycles. The number of hydrogen-bond acceptors (Lipinski definition) is 4. The molecule has 1 amide bonds. The van der Waals surface area contributed by atoms with E-state index >= 15 is 0 Å². The van der Waals surface area contributed by atoms with Crippen molar-refractivity contribution in [3.8, 4) is 5.75 Å². The van der Waals surface area contributed by atoms with E-state index in [-0.39, 0.29) is 0 Å². The Morgan fingerprint density at radius 3 is 2.15 bits per heavy atom. The molecule has 3 aromatic rings. The molecule has 1 N–H and O–H groups in total. The van der Waals surface area contributed by atoms with Gasteiger partial charge in [-0.1, -0.05) is 72.6 Å². The van der Waals surface area contributed by atoms with Crippen LogP contribution in [0.3, 0.4) is 0 Å². The number of ether oxygens (including phenoxy) is 1. The van der Waals surface area contributed by atoms with E-state index in [1.807, 2.05) is 87.5 Å². The normalized spacial score (nSPS) is 31.5. The number of nitrogens with zero attached hydrogens (tertiary/aromatic N) is 1. The van der Waals surface area contributed by atoms with Crippen LogP contribution in [-0.4, -0.2) is 17.0 Å². The van der Waals surface area contributed by atoms with Gasteiger partial charge in [-0.3, -0.25) is 14.5 Å². The van der Waals surface area contributed by atoms with Crippen molar-refractivity contribution in [1.82, 2.24) is 0 Å². The summed E-state index contributed by atoms with van der Waals surface area (Å²) in [5.74, 6) is -0.951. The quantitative estimate of drug-likeness (QED) is 0.368. The Morgan fingerprint density at radius 2 is 1.52 bits per heavy atom. The molecule has 0 bridgehead atoms. The number of carbonyl (C=O) groups is 2. The molecule has 2 heterocycles. The molecular formula is C28H25NO4. The summed E-state index contributed by atoms with van der Waals surface area (Å²) in [5, 5.41) is 12.7. The third-order valence-electron chi connectivity index (χ3n) is 8.09. The van der Waals surface area contributed by atoms with E-state index in [1.165, 1.54) is 4.90 Å². The van der Waals surface area contributed by atoms with Crippen molar-refractivity contribution in [3.63, 3.8) is 0 Å². The predicted molar refractivity (Wildman–Crippen MR) is 124 cm³/mol. The van der Waals surface area contributed by atoms with E-state index in [4.69, 9.17) is 4.74 Å². The number of para-hydroxylation sites is 1. The molecule has 166 valence electrons. The van der Waals surface area contributed by atoms with Crippen LogP contribution in [0.5, 0.6) is 5.75 Å². The van der Waals surface area contributed by atoms with Crippen LogP contribution in [0.4, 0.5) is 5.69 Å². The molecule has 2 fully saturated rings. The minimum atomic E-state index is -1.72. The van der Waals surface area contributed by atoms with Gasteiger partial charge in [-0.05, 0) is 38.5 Å². The number of benzene rings is 3. The molecule has 3 aromatic carbocycles. The van der Waals surface area contributed by atoms with Gasteiger partial charge in [-0.25, -0.2) is 0 Å². The van der Waals surface area contributed by atoms with Crippen LogP contribution >= 0.6 is 0 Å². The molecule has 1 aliphatic carbocycles. The maximum atomic E-state index is 14.3. The molecule has 1 saturated heterocycles. The lowest BCUT2D eigenvalue weighted by molar-refractivity contribution is -0.147. The number of aryl methyl sites for hydroxylation is 2. The first-order chi connectivity index (χ1) is 15.8. The highest BCUT2D eigenvalue weighted by Gasteiger charge is 2.98. The molecule has 5 heteroatoms. The third-order valence-corrected chi connectivity index (χ3v) is 8.09. The summed E-state index contributed by atoms with van der Waals surface area (Å²) in [5.41, 5.74) is -0.173. The first-order valence-corrected chi connectivity index (χ1v) is 11.4. The van der Waals surface area contributed by atoms with Gasteiger partial charge < -0.3 is 9.84 Å². The standard InChI is InChI=1S/C28H25NO4/c1-4-26-23-21-7-5-6-8-22(21)33-25(31)27(23,26)24(30)29(20-15-11-18(3)12-16-20)28(26,32)19-13-9-17(2)10-14-19/h5-16,23,32H,4H2,1-3H3. The number of aliphatic hydroxyl groups is 1. The zero-order valence-corrected chi connectivity index (χ0v) is 18.8. The van der Waals surface area contributed by atoms with Crippen molar-refractivity contribution in [2.75, 3.05) is 4.90 Å². The fraction of sp³-hybridized carbons (Fsp3) is 0.286. The maximum absolute atomic E-state index is 14.3. The van der Waals surface area contributed by atoms with Crippen molar-refractivity contribution >= 4 is 17.6 Å². The van der Waals surface area contributed by atoms with Gasteiger partial charge in [0.25, 0.3) is 0 Å². The second-order valence-electron chi connectivity index (χ2n) is 9.51. The van der Waals surface area contributed by atoms with Gasteiger partial charge in [0.1, 0.15) is 5.75 Å². The summed E-state index contributed by atoms with van der Waals surface area (Å²) in [6, 6.07) is 22.4. The minimum Gasteiger partial charge on any atom is -0.425 e. The zero-order chi connectivity index (χ0) is 23.2. The number of piperidine rings is 1. The van der Waals surface area contributed by atoms with Crippen LogP contribution in [-0.2, 0) is 15.3 Å². The monoisotopic (exact) mass is 439 g/mol. The van der Waals surface area contributed by atoms with E-state index < -0.39 is 34.3 Å². The fourth-order valence-electron chi connectivity index (χ4n) is 6.63. The molecule has 5 nitrogen and oxygen atoms in total. The summed E-state index contributed by atoms with van der Waals surface area (Å²) < 4.78 is 5.74. The first kappa shape index (κ1) is 20.2. The fourth-order valence-corrected chi connectivity index (χ4v) is 6.63. The van der Waals surface area contributed by atoms with E-state index in [0.717, 1.165) is 16.7 Å². The molecule has 33 heavy (non-hydrogen) atoms. The Morgan fingerprint density at radius 1 is 0.909 bits per heavy atom. The number of carbonyl (C=O) groups excluding carboxylic acids is 2. The average Bonchev–Trinajstić information content (AvgIpc) is 3.43. The lowest BCUT2D eigenvalue weighted by atomic mass is 9.78. The van der Waals surface area contributed by atoms with E-state index in [0.29, 0.717) is 23.4 Å². The summed E-state index contributed by atoms with van der Waals surface area (Å²) in [4.78, 5) is 29.3. The van der Waals surface area contributed by atoms with Crippen LogP contribution in [0.2, 0.25) is 0 Å². The predicted octanol–water partition coefficient (Wildman–Crippen LogP) is 4.59. The largest absolute Gasteiger partial charge is 0.425 e. The van der Waals surface area contributed by atoms with Gasteiger partial charge >= 0.3 is 5.97 Å². The number of hydrogen-bond donors (Lipinski definition) is 1. The van der Waals surface area contributed by atoms with Crippen molar-refractivity contribution in [2.24, 2.45) is 10.8 Å². The molecule has 4 atom stereocenters. The van der Waals surface area contributed by atoms with Gasteiger partial charge in [0, 0.05) is 22.7 Å². The van der Waals surface area contributed by atoms with Crippen molar-refractivity contribution in [3.05, 3.63) is 95.1 Å². The van der Waals surface area contributed by atoms with Crippen molar-refractivity contribution in [1.29, 1.82) is 0 Å². The summed E-state index contributed by atoms with van der Waals surface area (Å²) >= 11 is 0. The average molecular weight is 440 g/mol. The molecule has 0 radical (unpaired) electrons. The topological polar surface area (TPSA) is 66.8 Å². The van der Waals surface area contributed by atoms with Gasteiger partial charge in [0.05, 0.1) is 5.41 Å². The van der Waals surface area contributed by atoms with Crippen LogP contribution < -0.4 is 9.64 Å². The van der Waals surface area contributed by atoms with Crippen molar-refractivity contribution in [2.45, 2.75) is 38.8 Å². The molecule has 6 rings (SSSR count). The lowest BCUT2D eigenvalue weighted by Crippen LogP contribution is -2.52. The van der Waals surface area contributed by atoms with Crippen LogP contribution in [0, 0.1) is 24.7 Å². The van der Waals surface area contributed by atoms with E-state index in [9.17, 15) is 14.7 Å².